The van der Waals surface area contributed by atoms with Gasteiger partial charge in [-0.1, -0.05) is 13.3 Å². The van der Waals surface area contributed by atoms with Gasteiger partial charge in [0.2, 0.25) is 10.0 Å². The predicted molar refractivity (Wildman–Crippen MR) is 101 cm³/mol. The van der Waals surface area contributed by atoms with Gasteiger partial charge in [-0.15, -0.1) is 0 Å². The van der Waals surface area contributed by atoms with E-state index >= 15 is 0 Å². The maximum atomic E-state index is 11.4. The number of hydrogen-bond acceptors (Lipinski definition) is 4. The Kier molecular flexibility index (Phi) is 8.45. The molecule has 1 rings (SSSR count). The first-order valence-corrected chi connectivity index (χ1v) is 10.7. The van der Waals surface area contributed by atoms with Crippen LogP contribution in [0.25, 0.3) is 0 Å². The van der Waals surface area contributed by atoms with Gasteiger partial charge in [0.1, 0.15) is 0 Å². The van der Waals surface area contributed by atoms with Gasteiger partial charge in [0.15, 0.2) is 5.96 Å². The summed E-state index contributed by atoms with van der Waals surface area (Å²) < 4.78 is 25.4. The molecule has 142 valence electrons. The van der Waals surface area contributed by atoms with Gasteiger partial charge in [0, 0.05) is 38.3 Å². The Morgan fingerprint density at radius 3 is 2.42 bits per heavy atom. The second-order valence-electron chi connectivity index (χ2n) is 7.30. The second-order valence-corrected chi connectivity index (χ2v) is 9.05. The molecule has 0 unspecified atom stereocenters. The Hall–Kier alpha value is -0.860. The van der Waals surface area contributed by atoms with Crippen molar-refractivity contribution in [3.63, 3.8) is 0 Å². The number of piperidine rings is 1. The minimum Gasteiger partial charge on any atom is -0.355 e. The third-order valence-corrected chi connectivity index (χ3v) is 5.06. The number of nitrogens with one attached hydrogen (secondary N) is 3. The van der Waals surface area contributed by atoms with Crippen molar-refractivity contribution in [3.8, 4) is 0 Å². The van der Waals surface area contributed by atoms with Crippen LogP contribution in [0.3, 0.4) is 0 Å². The van der Waals surface area contributed by atoms with Crippen LogP contribution in [0.4, 0.5) is 0 Å². The van der Waals surface area contributed by atoms with Crippen LogP contribution in [-0.4, -0.2) is 70.3 Å². The summed E-state index contributed by atoms with van der Waals surface area (Å²) in [5.74, 6) is 0.727. The van der Waals surface area contributed by atoms with E-state index in [1.54, 1.807) is 7.05 Å². The first-order valence-electron chi connectivity index (χ1n) is 8.83. The smallest absolute Gasteiger partial charge is 0.209 e. The Labute approximate surface area is 147 Å². The van der Waals surface area contributed by atoms with Crippen molar-refractivity contribution in [1.82, 2.24) is 20.3 Å². The molecule has 1 heterocycles. The number of sulfonamides is 1. The third kappa shape index (κ3) is 8.84. The zero-order valence-corrected chi connectivity index (χ0v) is 16.7. The number of aliphatic imine (C=N–C) groups is 1. The lowest BCUT2D eigenvalue weighted by atomic mass is 10.0. The quantitative estimate of drug-likeness (QED) is 0.439. The van der Waals surface area contributed by atoms with Crippen LogP contribution < -0.4 is 15.4 Å². The van der Waals surface area contributed by atoms with E-state index < -0.39 is 15.6 Å². The number of rotatable bonds is 8. The fraction of sp³-hybridized carbons (Fsp3) is 0.938. The second kappa shape index (κ2) is 9.58. The first kappa shape index (κ1) is 21.2. The van der Waals surface area contributed by atoms with Gasteiger partial charge in [0.25, 0.3) is 0 Å². The van der Waals surface area contributed by atoms with Crippen molar-refractivity contribution in [2.24, 2.45) is 4.99 Å². The zero-order chi connectivity index (χ0) is 18.2. The minimum absolute atomic E-state index is 0.417. The van der Waals surface area contributed by atoms with E-state index in [0.717, 1.165) is 31.9 Å². The summed E-state index contributed by atoms with van der Waals surface area (Å²) >= 11 is 0. The van der Waals surface area contributed by atoms with Gasteiger partial charge < -0.3 is 15.5 Å². The van der Waals surface area contributed by atoms with Crippen LogP contribution in [0.1, 0.15) is 46.5 Å². The highest BCUT2D eigenvalue weighted by atomic mass is 32.2. The molecule has 1 aliphatic heterocycles. The summed E-state index contributed by atoms with van der Waals surface area (Å²) in [4.78, 5) is 6.78. The molecule has 3 N–H and O–H groups in total. The lowest BCUT2D eigenvalue weighted by molar-refractivity contribution is 0.203. The maximum absolute atomic E-state index is 11.4. The predicted octanol–water partition coefficient (Wildman–Crippen LogP) is 0.744. The summed E-state index contributed by atoms with van der Waals surface area (Å²) in [5, 5.41) is 6.68. The van der Waals surface area contributed by atoms with E-state index in [9.17, 15) is 8.42 Å². The monoisotopic (exact) mass is 361 g/mol. The van der Waals surface area contributed by atoms with Crippen molar-refractivity contribution in [1.29, 1.82) is 0 Å². The van der Waals surface area contributed by atoms with Crippen molar-refractivity contribution in [2.75, 3.05) is 39.5 Å². The molecule has 1 fully saturated rings. The summed E-state index contributed by atoms with van der Waals surface area (Å²) in [6.45, 7) is 9.83. The number of likely N-dealkylation sites (tertiary alicyclic amines) is 1. The van der Waals surface area contributed by atoms with E-state index in [1.807, 2.05) is 13.8 Å². The van der Waals surface area contributed by atoms with E-state index in [-0.39, 0.29) is 0 Å². The van der Waals surface area contributed by atoms with Crippen LogP contribution in [-0.2, 0) is 10.0 Å². The Bertz CT molecular complexity index is 497. The third-order valence-electron chi connectivity index (χ3n) is 4.14. The first-order chi connectivity index (χ1) is 11.1. The van der Waals surface area contributed by atoms with E-state index in [1.165, 1.54) is 25.6 Å². The summed E-state index contributed by atoms with van der Waals surface area (Å²) in [7, 11) is -1.49. The molecule has 7 nitrogen and oxygen atoms in total. The van der Waals surface area contributed by atoms with Gasteiger partial charge in [0.05, 0.1) is 6.26 Å². The number of unbranched alkanes of at least 4 members (excludes halogenated alkanes) is 1. The molecule has 24 heavy (non-hydrogen) atoms. The molecule has 0 saturated carbocycles. The van der Waals surface area contributed by atoms with Crippen LogP contribution in [0.5, 0.6) is 0 Å². The normalized spacial score (nSPS) is 18.6. The van der Waals surface area contributed by atoms with Crippen molar-refractivity contribution in [3.05, 3.63) is 0 Å². The minimum atomic E-state index is -3.23. The molecule has 0 aromatic rings. The molecule has 0 radical (unpaired) electrons. The number of nitrogens with zero attached hydrogens (tertiary/aromatic N) is 2. The molecule has 0 atom stereocenters. The Morgan fingerprint density at radius 2 is 1.92 bits per heavy atom. The highest BCUT2D eigenvalue weighted by molar-refractivity contribution is 7.88. The largest absolute Gasteiger partial charge is 0.355 e. The standard InChI is InChI=1S/C16H35N5O2S/c1-6-7-10-21-11-8-14(9-12-21)19-15(17-4)18-13-16(2,3)20-24(5,22)23/h14,20H,6-13H2,1-5H3,(H2,17,18,19). The average molecular weight is 362 g/mol. The van der Waals surface area contributed by atoms with Crippen LogP contribution in [0, 0.1) is 0 Å². The zero-order valence-electron chi connectivity index (χ0n) is 15.9. The van der Waals surface area contributed by atoms with Crippen LogP contribution in [0.2, 0.25) is 0 Å². The van der Waals surface area contributed by atoms with Gasteiger partial charge in [-0.25, -0.2) is 13.1 Å². The van der Waals surface area contributed by atoms with Crippen LogP contribution >= 0.6 is 0 Å². The van der Waals surface area contributed by atoms with Crippen molar-refractivity contribution in [2.45, 2.75) is 58.0 Å². The molecule has 1 aliphatic rings. The molecular formula is C16H35N5O2S. The molecule has 0 aromatic carbocycles. The van der Waals surface area contributed by atoms with E-state index in [4.69, 9.17) is 0 Å². The summed E-state index contributed by atoms with van der Waals surface area (Å²) in [5.41, 5.74) is -0.575. The van der Waals surface area contributed by atoms with Gasteiger partial charge in [-0.3, -0.25) is 4.99 Å². The highest BCUT2D eigenvalue weighted by Gasteiger charge is 2.23. The molecule has 0 aliphatic carbocycles. The van der Waals surface area contributed by atoms with Gasteiger partial charge in [-0.05, 0) is 39.7 Å². The fourth-order valence-electron chi connectivity index (χ4n) is 2.91. The van der Waals surface area contributed by atoms with E-state index in [0.29, 0.717) is 12.6 Å². The number of hydrogen-bond donors (Lipinski definition) is 3. The van der Waals surface area contributed by atoms with Crippen LogP contribution in [0.15, 0.2) is 4.99 Å². The molecule has 0 bridgehead atoms. The van der Waals surface area contributed by atoms with Gasteiger partial charge >= 0.3 is 0 Å². The Morgan fingerprint density at radius 1 is 1.29 bits per heavy atom. The SMILES string of the molecule is CCCCN1CCC(NC(=NC)NCC(C)(C)NS(C)(=O)=O)CC1. The average Bonchev–Trinajstić information content (AvgIpc) is 2.48. The molecule has 0 aromatic heterocycles. The topological polar surface area (TPSA) is 85.8 Å². The maximum Gasteiger partial charge on any atom is 0.209 e. The molecule has 1 saturated heterocycles. The van der Waals surface area contributed by atoms with Gasteiger partial charge in [-0.2, -0.15) is 0 Å². The molecule has 0 amide bonds. The lowest BCUT2D eigenvalue weighted by Crippen LogP contribution is -2.55. The lowest BCUT2D eigenvalue weighted by Gasteiger charge is -2.33. The summed E-state index contributed by atoms with van der Waals surface area (Å²) in [6.07, 6.45) is 5.90. The molecule has 8 heteroatoms. The highest BCUT2D eigenvalue weighted by Crippen LogP contribution is 2.11. The number of guanidine groups is 1. The summed E-state index contributed by atoms with van der Waals surface area (Å²) in [6, 6.07) is 0.417. The Balaban J connectivity index is 2.38. The molecular weight excluding hydrogens is 326 g/mol. The van der Waals surface area contributed by atoms with Crippen molar-refractivity contribution >= 4 is 16.0 Å². The van der Waals surface area contributed by atoms with E-state index in [2.05, 4.69) is 32.2 Å². The molecule has 0 spiro atoms. The fourth-order valence-corrected chi connectivity index (χ4v) is 3.99. The van der Waals surface area contributed by atoms with Crippen molar-refractivity contribution < 1.29 is 8.42 Å².